The van der Waals surface area contributed by atoms with Gasteiger partial charge in [0.2, 0.25) is 0 Å². The lowest BCUT2D eigenvalue weighted by molar-refractivity contribution is 0.0939. The van der Waals surface area contributed by atoms with Gasteiger partial charge in [0.15, 0.2) is 17.1 Å². The molecule has 7 nitrogen and oxygen atoms in total. The van der Waals surface area contributed by atoms with Gasteiger partial charge >= 0.3 is 0 Å². The third kappa shape index (κ3) is 4.50. The third-order valence-electron chi connectivity index (χ3n) is 4.60. The Morgan fingerprint density at radius 3 is 2.48 bits per heavy atom. The standard InChI is InChI=1S/C22H28N4O3/c1-6-28-19-9-8-16(11-20(19)29-7-2)15(5)25-22(27)18-10-17-13-24-26(14(3)4)21(17)23-12-18/h8-15H,6-7H2,1-5H3,(H,25,27)/t15-/m0/s1. The quantitative estimate of drug-likeness (QED) is 0.614. The molecule has 2 aromatic heterocycles. The number of amides is 1. The average molecular weight is 396 g/mol. The van der Waals surface area contributed by atoms with E-state index >= 15 is 0 Å². The van der Waals surface area contributed by atoms with E-state index in [1.807, 2.05) is 63.6 Å². The summed E-state index contributed by atoms with van der Waals surface area (Å²) in [6.45, 7) is 11.0. The number of hydrogen-bond donors (Lipinski definition) is 1. The second-order valence-electron chi connectivity index (χ2n) is 7.09. The molecule has 154 valence electrons. The summed E-state index contributed by atoms with van der Waals surface area (Å²) in [6.07, 6.45) is 3.33. The number of rotatable bonds is 8. The van der Waals surface area contributed by atoms with Crippen molar-refractivity contribution in [3.8, 4) is 11.5 Å². The van der Waals surface area contributed by atoms with Crippen LogP contribution in [0, 0.1) is 0 Å². The van der Waals surface area contributed by atoms with E-state index in [1.165, 1.54) is 0 Å². The smallest absolute Gasteiger partial charge is 0.253 e. The zero-order valence-electron chi connectivity index (χ0n) is 17.6. The van der Waals surface area contributed by atoms with Gasteiger partial charge in [-0.2, -0.15) is 5.10 Å². The van der Waals surface area contributed by atoms with E-state index in [-0.39, 0.29) is 18.0 Å². The number of nitrogens with zero attached hydrogens (tertiary/aromatic N) is 3. The van der Waals surface area contributed by atoms with Crippen molar-refractivity contribution in [1.29, 1.82) is 0 Å². The minimum atomic E-state index is -0.202. The SMILES string of the molecule is CCOc1ccc([C@H](C)NC(=O)c2cnc3c(cnn3C(C)C)c2)cc1OCC. The fourth-order valence-electron chi connectivity index (χ4n) is 3.14. The Bertz CT molecular complexity index is 997. The van der Waals surface area contributed by atoms with Crippen LogP contribution in [0.5, 0.6) is 11.5 Å². The lowest BCUT2D eigenvalue weighted by Gasteiger charge is -2.17. The summed E-state index contributed by atoms with van der Waals surface area (Å²) in [5.74, 6) is 1.20. The summed E-state index contributed by atoms with van der Waals surface area (Å²) in [4.78, 5) is 17.2. The van der Waals surface area contributed by atoms with Crippen LogP contribution in [0.2, 0.25) is 0 Å². The average Bonchev–Trinajstić information content (AvgIpc) is 3.13. The molecular formula is C22H28N4O3. The molecule has 0 saturated carbocycles. The Morgan fingerprint density at radius 1 is 1.07 bits per heavy atom. The maximum Gasteiger partial charge on any atom is 0.253 e. The number of carbonyl (C=O) groups excluding carboxylic acids is 1. The van der Waals surface area contributed by atoms with Crippen LogP contribution in [0.15, 0.2) is 36.7 Å². The highest BCUT2D eigenvalue weighted by Crippen LogP contribution is 2.31. The number of aromatic nitrogens is 3. The lowest BCUT2D eigenvalue weighted by atomic mass is 10.1. The summed E-state index contributed by atoms with van der Waals surface area (Å²) < 4.78 is 13.1. The van der Waals surface area contributed by atoms with Crippen molar-refractivity contribution in [2.24, 2.45) is 0 Å². The highest BCUT2D eigenvalue weighted by Gasteiger charge is 2.16. The highest BCUT2D eigenvalue weighted by molar-refractivity contribution is 5.97. The molecule has 0 saturated heterocycles. The zero-order valence-corrected chi connectivity index (χ0v) is 17.6. The van der Waals surface area contributed by atoms with Crippen molar-refractivity contribution in [3.05, 3.63) is 47.8 Å². The number of benzene rings is 1. The Hall–Kier alpha value is -3.09. The Labute approximate surface area is 171 Å². The highest BCUT2D eigenvalue weighted by atomic mass is 16.5. The van der Waals surface area contributed by atoms with Gasteiger partial charge in [0, 0.05) is 17.6 Å². The minimum Gasteiger partial charge on any atom is -0.490 e. The van der Waals surface area contributed by atoms with Crippen molar-refractivity contribution in [2.45, 2.75) is 46.7 Å². The van der Waals surface area contributed by atoms with Crippen LogP contribution in [0.1, 0.15) is 62.6 Å². The zero-order chi connectivity index (χ0) is 21.0. The van der Waals surface area contributed by atoms with Gasteiger partial charge in [-0.25, -0.2) is 9.67 Å². The van der Waals surface area contributed by atoms with Crippen LogP contribution in [0.4, 0.5) is 0 Å². The predicted molar refractivity (Wildman–Crippen MR) is 113 cm³/mol. The molecule has 0 spiro atoms. The second-order valence-corrected chi connectivity index (χ2v) is 7.09. The van der Waals surface area contributed by atoms with E-state index in [0.717, 1.165) is 16.6 Å². The third-order valence-corrected chi connectivity index (χ3v) is 4.60. The molecule has 1 atom stereocenters. The van der Waals surface area contributed by atoms with Gasteiger partial charge < -0.3 is 14.8 Å². The monoisotopic (exact) mass is 396 g/mol. The van der Waals surface area contributed by atoms with Crippen LogP contribution in [-0.4, -0.2) is 33.9 Å². The Morgan fingerprint density at radius 2 is 1.79 bits per heavy atom. The van der Waals surface area contributed by atoms with Gasteiger partial charge in [-0.15, -0.1) is 0 Å². The molecule has 29 heavy (non-hydrogen) atoms. The van der Waals surface area contributed by atoms with E-state index in [1.54, 1.807) is 12.4 Å². The van der Waals surface area contributed by atoms with Crippen molar-refractivity contribution >= 4 is 16.9 Å². The molecule has 7 heteroatoms. The molecule has 3 aromatic rings. The van der Waals surface area contributed by atoms with Crippen LogP contribution in [0.25, 0.3) is 11.0 Å². The number of carbonyl (C=O) groups is 1. The van der Waals surface area contributed by atoms with Crippen molar-refractivity contribution in [2.75, 3.05) is 13.2 Å². The summed E-state index contributed by atoms with van der Waals surface area (Å²) in [5, 5.41) is 8.22. The largest absolute Gasteiger partial charge is 0.490 e. The molecule has 0 radical (unpaired) electrons. The molecule has 1 N–H and O–H groups in total. The molecule has 0 fully saturated rings. The lowest BCUT2D eigenvalue weighted by Crippen LogP contribution is -2.26. The maximum atomic E-state index is 12.8. The molecule has 3 rings (SSSR count). The molecule has 2 heterocycles. The number of hydrogen-bond acceptors (Lipinski definition) is 5. The summed E-state index contributed by atoms with van der Waals surface area (Å²) in [7, 11) is 0. The molecule has 0 bridgehead atoms. The summed E-state index contributed by atoms with van der Waals surface area (Å²) in [5.41, 5.74) is 2.22. The van der Waals surface area contributed by atoms with E-state index in [9.17, 15) is 4.79 Å². The number of ether oxygens (including phenoxy) is 2. The van der Waals surface area contributed by atoms with Crippen molar-refractivity contribution in [1.82, 2.24) is 20.1 Å². The first-order valence-corrected chi connectivity index (χ1v) is 9.98. The first-order valence-electron chi connectivity index (χ1n) is 9.98. The second kappa shape index (κ2) is 8.94. The van der Waals surface area contributed by atoms with Crippen LogP contribution >= 0.6 is 0 Å². The van der Waals surface area contributed by atoms with Gasteiger partial charge in [-0.05, 0) is 58.4 Å². The van der Waals surface area contributed by atoms with Crippen molar-refractivity contribution in [3.63, 3.8) is 0 Å². The Balaban J connectivity index is 1.78. The minimum absolute atomic E-state index is 0.184. The molecular weight excluding hydrogens is 368 g/mol. The number of fused-ring (bicyclic) bond motifs is 1. The number of pyridine rings is 1. The molecule has 0 unspecified atom stereocenters. The first-order chi connectivity index (χ1) is 13.9. The van der Waals surface area contributed by atoms with E-state index in [2.05, 4.69) is 15.4 Å². The van der Waals surface area contributed by atoms with Gasteiger partial charge in [0.1, 0.15) is 0 Å². The van der Waals surface area contributed by atoms with Crippen LogP contribution in [-0.2, 0) is 0 Å². The van der Waals surface area contributed by atoms with Crippen LogP contribution < -0.4 is 14.8 Å². The van der Waals surface area contributed by atoms with Gasteiger partial charge in [0.05, 0.1) is 31.0 Å². The molecule has 0 aliphatic rings. The fraction of sp³-hybridized carbons (Fsp3) is 0.409. The summed E-state index contributed by atoms with van der Waals surface area (Å²) >= 11 is 0. The van der Waals surface area contributed by atoms with Crippen LogP contribution in [0.3, 0.4) is 0 Å². The normalized spacial score (nSPS) is 12.2. The van der Waals surface area contributed by atoms with Crippen molar-refractivity contribution < 1.29 is 14.3 Å². The molecule has 1 amide bonds. The topological polar surface area (TPSA) is 78.3 Å². The first kappa shape index (κ1) is 20.6. The van der Waals surface area contributed by atoms with E-state index in [4.69, 9.17) is 9.47 Å². The molecule has 0 aliphatic heterocycles. The van der Waals surface area contributed by atoms with E-state index < -0.39 is 0 Å². The van der Waals surface area contributed by atoms with E-state index in [0.29, 0.717) is 30.3 Å². The summed E-state index contributed by atoms with van der Waals surface area (Å²) in [6, 6.07) is 7.55. The number of nitrogens with one attached hydrogen (secondary N) is 1. The van der Waals surface area contributed by atoms with Gasteiger partial charge in [0.25, 0.3) is 5.91 Å². The maximum absolute atomic E-state index is 12.8. The predicted octanol–water partition coefficient (Wildman–Crippen LogP) is 4.30. The van der Waals surface area contributed by atoms with Gasteiger partial charge in [-0.1, -0.05) is 6.07 Å². The van der Waals surface area contributed by atoms with Gasteiger partial charge in [-0.3, -0.25) is 4.79 Å². The Kier molecular flexibility index (Phi) is 6.36. The molecule has 0 aliphatic carbocycles. The molecule has 1 aromatic carbocycles. The fourth-order valence-corrected chi connectivity index (χ4v) is 3.14.